The van der Waals surface area contributed by atoms with Crippen LogP contribution in [-0.2, 0) is 11.2 Å². The summed E-state index contributed by atoms with van der Waals surface area (Å²) >= 11 is 0. The Kier molecular flexibility index (Phi) is 5.93. The van der Waals surface area contributed by atoms with E-state index in [0.29, 0.717) is 42.5 Å². The predicted octanol–water partition coefficient (Wildman–Crippen LogP) is 2.31. The fourth-order valence-corrected chi connectivity index (χ4v) is 4.01. The summed E-state index contributed by atoms with van der Waals surface area (Å²) in [5.41, 5.74) is 4.67. The summed E-state index contributed by atoms with van der Waals surface area (Å²) < 4.78 is 6.56. The Morgan fingerprint density at radius 3 is 2.77 bits per heavy atom. The van der Waals surface area contributed by atoms with Crippen molar-refractivity contribution in [2.75, 3.05) is 13.2 Å². The van der Waals surface area contributed by atoms with Crippen molar-refractivity contribution in [3.05, 3.63) is 62.7 Å². The second-order valence-electron chi connectivity index (χ2n) is 8.02. The second kappa shape index (κ2) is 8.64. The maximum atomic E-state index is 13.3. The molecular formula is C23H26N4O4. The summed E-state index contributed by atoms with van der Waals surface area (Å²) in [7, 11) is 0. The van der Waals surface area contributed by atoms with Crippen LogP contribution in [0.25, 0.3) is 10.9 Å². The van der Waals surface area contributed by atoms with Crippen molar-refractivity contribution in [3.63, 3.8) is 0 Å². The number of Topliss-reactive ketones (excluding diaryl/α,β-unsaturated/α-hetero) is 1. The first-order chi connectivity index (χ1) is 14.9. The number of benzene rings is 1. The lowest BCUT2D eigenvalue weighted by molar-refractivity contribution is -0.0434. The van der Waals surface area contributed by atoms with E-state index in [2.05, 4.69) is 15.3 Å². The molecule has 2 atom stereocenters. The Morgan fingerprint density at radius 1 is 1.29 bits per heavy atom. The zero-order valence-electron chi connectivity index (χ0n) is 18.0. The molecule has 31 heavy (non-hydrogen) atoms. The van der Waals surface area contributed by atoms with E-state index in [0.717, 1.165) is 22.3 Å². The first kappa shape index (κ1) is 21.3. The zero-order valence-corrected chi connectivity index (χ0v) is 18.0. The van der Waals surface area contributed by atoms with Gasteiger partial charge in [0.05, 0.1) is 24.1 Å². The molecule has 0 spiro atoms. The number of fused-ring (bicyclic) bond motifs is 1. The summed E-state index contributed by atoms with van der Waals surface area (Å²) in [6.45, 7) is 6.40. The third kappa shape index (κ3) is 4.00. The fraction of sp³-hybridized carbons (Fsp3) is 0.435. The Labute approximate surface area is 179 Å². The van der Waals surface area contributed by atoms with Crippen LogP contribution in [0.4, 0.5) is 0 Å². The summed E-state index contributed by atoms with van der Waals surface area (Å²) in [5, 5.41) is 19.2. The highest BCUT2D eigenvalue weighted by atomic mass is 16.5. The van der Waals surface area contributed by atoms with Crippen LogP contribution in [0.15, 0.2) is 29.2 Å². The third-order valence-electron chi connectivity index (χ3n) is 6.08. The molecule has 1 aliphatic heterocycles. The van der Waals surface area contributed by atoms with Crippen LogP contribution in [0.2, 0.25) is 0 Å². The maximum absolute atomic E-state index is 13.3. The number of pyridine rings is 1. The van der Waals surface area contributed by atoms with Gasteiger partial charge in [-0.3, -0.25) is 14.6 Å². The number of carbonyl (C=O) groups excluding carboxylic acids is 1. The van der Waals surface area contributed by atoms with Gasteiger partial charge >= 0.3 is 0 Å². The van der Waals surface area contributed by atoms with E-state index in [1.165, 1.54) is 4.68 Å². The standard InChI is InChI=1S/C23H26N4O4/c1-4-20(28)18-6-5-15(11-24-18)9-16-10-17-22(14(3)13(16)2)25-26-27(23(17)30)19-7-8-31-12-21(19)29/h5-6,10-11,19,21,29H,4,7-9,12H2,1-3H3/t19-,21-/m0/s1. The summed E-state index contributed by atoms with van der Waals surface area (Å²) in [4.78, 5) is 29.3. The molecule has 8 heteroatoms. The smallest absolute Gasteiger partial charge is 0.277 e. The van der Waals surface area contributed by atoms with Gasteiger partial charge in [0.15, 0.2) is 5.78 Å². The number of nitrogens with zero attached hydrogens (tertiary/aromatic N) is 4. The molecule has 0 bridgehead atoms. The van der Waals surface area contributed by atoms with Crippen molar-refractivity contribution in [1.29, 1.82) is 0 Å². The number of aliphatic hydroxyl groups excluding tert-OH is 1. The van der Waals surface area contributed by atoms with Crippen molar-refractivity contribution < 1.29 is 14.6 Å². The van der Waals surface area contributed by atoms with Crippen molar-refractivity contribution >= 4 is 16.7 Å². The largest absolute Gasteiger partial charge is 0.388 e. The lowest BCUT2D eigenvalue weighted by Gasteiger charge is -2.28. The molecule has 0 aliphatic carbocycles. The molecule has 162 valence electrons. The number of aryl methyl sites for hydroxylation is 1. The molecule has 4 rings (SSSR count). The molecular weight excluding hydrogens is 396 g/mol. The Hall–Kier alpha value is -2.97. The SMILES string of the molecule is CCC(=O)c1ccc(Cc2cc3c(=O)n([C@H]4CCOC[C@@H]4O)nnc3c(C)c2C)cn1. The topological polar surface area (TPSA) is 107 Å². The molecule has 2 aromatic heterocycles. The van der Waals surface area contributed by atoms with Crippen molar-refractivity contribution in [1.82, 2.24) is 20.0 Å². The van der Waals surface area contributed by atoms with Gasteiger partial charge in [-0.2, -0.15) is 0 Å². The maximum Gasteiger partial charge on any atom is 0.277 e. The summed E-state index contributed by atoms with van der Waals surface area (Å²) in [6.07, 6.45) is 2.43. The molecule has 0 amide bonds. The minimum atomic E-state index is -0.792. The highest BCUT2D eigenvalue weighted by molar-refractivity contribution is 5.93. The molecule has 0 radical (unpaired) electrons. The quantitative estimate of drug-likeness (QED) is 0.629. The van der Waals surface area contributed by atoms with E-state index >= 15 is 0 Å². The Bertz CT molecular complexity index is 1190. The van der Waals surface area contributed by atoms with Crippen molar-refractivity contribution in [3.8, 4) is 0 Å². The van der Waals surface area contributed by atoms with Gasteiger partial charge in [0.1, 0.15) is 11.2 Å². The monoisotopic (exact) mass is 422 g/mol. The van der Waals surface area contributed by atoms with Gasteiger partial charge in [-0.15, -0.1) is 5.10 Å². The van der Waals surface area contributed by atoms with Gasteiger partial charge in [0.25, 0.3) is 5.56 Å². The molecule has 0 saturated carbocycles. The molecule has 0 unspecified atom stereocenters. The van der Waals surface area contributed by atoms with Crippen LogP contribution < -0.4 is 5.56 Å². The van der Waals surface area contributed by atoms with Gasteiger partial charge in [-0.05, 0) is 61.1 Å². The minimum absolute atomic E-state index is 0.0127. The lowest BCUT2D eigenvalue weighted by atomic mass is 9.95. The number of rotatable bonds is 5. The Balaban J connectivity index is 1.74. The second-order valence-corrected chi connectivity index (χ2v) is 8.02. The van der Waals surface area contributed by atoms with Crippen LogP contribution >= 0.6 is 0 Å². The normalized spacial score (nSPS) is 19.0. The number of aromatic nitrogens is 4. The number of ketones is 1. The number of hydrogen-bond acceptors (Lipinski definition) is 7. The number of carbonyl (C=O) groups is 1. The van der Waals surface area contributed by atoms with Crippen LogP contribution in [-0.4, -0.2) is 50.2 Å². The molecule has 1 fully saturated rings. The van der Waals surface area contributed by atoms with E-state index in [4.69, 9.17) is 4.74 Å². The summed E-state index contributed by atoms with van der Waals surface area (Å²) in [6, 6.07) is 5.06. The van der Waals surface area contributed by atoms with Crippen LogP contribution in [0.3, 0.4) is 0 Å². The molecule has 3 heterocycles. The number of aliphatic hydroxyl groups is 1. The first-order valence-corrected chi connectivity index (χ1v) is 10.5. The number of hydrogen-bond donors (Lipinski definition) is 1. The first-order valence-electron chi connectivity index (χ1n) is 10.5. The molecule has 3 aromatic rings. The molecule has 8 nitrogen and oxygen atoms in total. The van der Waals surface area contributed by atoms with E-state index < -0.39 is 12.1 Å². The van der Waals surface area contributed by atoms with Crippen molar-refractivity contribution in [2.45, 2.75) is 52.2 Å². The molecule has 1 aromatic carbocycles. The summed E-state index contributed by atoms with van der Waals surface area (Å²) in [5.74, 6) is 0.0127. The Morgan fingerprint density at radius 2 is 2.10 bits per heavy atom. The average molecular weight is 422 g/mol. The fourth-order valence-electron chi connectivity index (χ4n) is 4.01. The minimum Gasteiger partial charge on any atom is -0.388 e. The van der Waals surface area contributed by atoms with E-state index in [9.17, 15) is 14.7 Å². The van der Waals surface area contributed by atoms with E-state index in [1.807, 2.05) is 32.9 Å². The van der Waals surface area contributed by atoms with Crippen LogP contribution in [0, 0.1) is 13.8 Å². The molecule has 1 saturated heterocycles. The molecule has 1 N–H and O–H groups in total. The highest BCUT2D eigenvalue weighted by Gasteiger charge is 2.28. The van der Waals surface area contributed by atoms with Gasteiger partial charge in [-0.1, -0.05) is 18.2 Å². The number of ether oxygens (including phenoxy) is 1. The van der Waals surface area contributed by atoms with E-state index in [-0.39, 0.29) is 17.9 Å². The average Bonchev–Trinajstić information content (AvgIpc) is 2.78. The lowest BCUT2D eigenvalue weighted by Crippen LogP contribution is -2.40. The van der Waals surface area contributed by atoms with Gasteiger partial charge in [0.2, 0.25) is 0 Å². The highest BCUT2D eigenvalue weighted by Crippen LogP contribution is 2.25. The van der Waals surface area contributed by atoms with Gasteiger partial charge < -0.3 is 9.84 Å². The van der Waals surface area contributed by atoms with Crippen LogP contribution in [0.1, 0.15) is 58.5 Å². The van der Waals surface area contributed by atoms with Gasteiger partial charge in [0, 0.05) is 19.2 Å². The zero-order chi connectivity index (χ0) is 22.1. The molecule has 1 aliphatic rings. The van der Waals surface area contributed by atoms with Crippen molar-refractivity contribution in [2.24, 2.45) is 0 Å². The van der Waals surface area contributed by atoms with Crippen LogP contribution in [0.5, 0.6) is 0 Å². The van der Waals surface area contributed by atoms with E-state index in [1.54, 1.807) is 12.3 Å². The third-order valence-corrected chi connectivity index (χ3v) is 6.08. The van der Waals surface area contributed by atoms with Gasteiger partial charge in [-0.25, -0.2) is 4.68 Å². The predicted molar refractivity (Wildman–Crippen MR) is 115 cm³/mol.